The fourth-order valence-corrected chi connectivity index (χ4v) is 1.95. The van der Waals surface area contributed by atoms with E-state index in [4.69, 9.17) is 5.73 Å². The Morgan fingerprint density at radius 3 is 2.47 bits per heavy atom. The fraction of sp³-hybridized carbons (Fsp3) is 0.286. The number of aromatic nitrogens is 2. The number of amides is 1. The summed E-state index contributed by atoms with van der Waals surface area (Å²) < 4.78 is 1.50. The maximum atomic E-state index is 12.2. The number of nitrogen functional groups attached to an aromatic ring is 1. The number of nitrogens with one attached hydrogen (secondary N) is 1. The van der Waals surface area contributed by atoms with Crippen LogP contribution in [0.15, 0.2) is 18.2 Å². The molecular formula is C14H18N4O. The number of benzene rings is 1. The standard InChI is InChI=1S/C14H18N4O/c1-8-5-6-11(7-9(8)2)16-14(19)13-12(15)10(3)17-18(13)4/h5-7H,15H2,1-4H3,(H,16,19). The molecule has 0 aliphatic heterocycles. The maximum Gasteiger partial charge on any atom is 0.276 e. The lowest BCUT2D eigenvalue weighted by molar-refractivity contribution is 0.101. The van der Waals surface area contributed by atoms with Crippen LogP contribution in [0.5, 0.6) is 0 Å². The van der Waals surface area contributed by atoms with E-state index in [0.717, 1.165) is 11.3 Å². The van der Waals surface area contributed by atoms with Crippen LogP contribution < -0.4 is 11.1 Å². The molecule has 3 N–H and O–H groups in total. The number of aryl methyl sites for hydroxylation is 4. The van der Waals surface area contributed by atoms with Gasteiger partial charge in [-0.15, -0.1) is 0 Å². The first kappa shape index (κ1) is 13.1. The molecule has 0 aliphatic carbocycles. The summed E-state index contributed by atoms with van der Waals surface area (Å²) in [4.78, 5) is 12.2. The zero-order valence-electron chi connectivity index (χ0n) is 11.6. The number of hydrogen-bond acceptors (Lipinski definition) is 3. The van der Waals surface area contributed by atoms with Gasteiger partial charge < -0.3 is 11.1 Å². The number of hydrogen-bond donors (Lipinski definition) is 2. The normalized spacial score (nSPS) is 10.5. The van der Waals surface area contributed by atoms with Gasteiger partial charge >= 0.3 is 0 Å². The van der Waals surface area contributed by atoms with E-state index in [1.165, 1.54) is 10.2 Å². The van der Waals surface area contributed by atoms with Crippen molar-refractivity contribution in [1.29, 1.82) is 0 Å². The zero-order valence-corrected chi connectivity index (χ0v) is 11.6. The van der Waals surface area contributed by atoms with Gasteiger partial charge in [-0.2, -0.15) is 5.10 Å². The quantitative estimate of drug-likeness (QED) is 0.867. The van der Waals surface area contributed by atoms with Crippen molar-refractivity contribution in [1.82, 2.24) is 9.78 Å². The summed E-state index contributed by atoms with van der Waals surface area (Å²) in [5.74, 6) is -0.246. The van der Waals surface area contributed by atoms with Crippen molar-refractivity contribution in [3.05, 3.63) is 40.7 Å². The van der Waals surface area contributed by atoms with Crippen molar-refractivity contribution in [3.63, 3.8) is 0 Å². The van der Waals surface area contributed by atoms with Gasteiger partial charge in [0.25, 0.3) is 5.91 Å². The smallest absolute Gasteiger partial charge is 0.276 e. The number of rotatable bonds is 2. The molecule has 0 spiro atoms. The summed E-state index contributed by atoms with van der Waals surface area (Å²) in [5, 5.41) is 6.98. The van der Waals surface area contributed by atoms with Gasteiger partial charge in [-0.05, 0) is 44.0 Å². The van der Waals surface area contributed by atoms with E-state index < -0.39 is 0 Å². The summed E-state index contributed by atoms with van der Waals surface area (Å²) in [6, 6.07) is 5.79. The Balaban J connectivity index is 2.28. The molecule has 0 saturated heterocycles. The van der Waals surface area contributed by atoms with E-state index >= 15 is 0 Å². The molecule has 0 radical (unpaired) electrons. The Kier molecular flexibility index (Phi) is 3.29. The highest BCUT2D eigenvalue weighted by atomic mass is 16.2. The summed E-state index contributed by atoms with van der Waals surface area (Å²) in [6.07, 6.45) is 0. The fourth-order valence-electron chi connectivity index (χ4n) is 1.95. The van der Waals surface area contributed by atoms with Crippen molar-refractivity contribution in [3.8, 4) is 0 Å². The van der Waals surface area contributed by atoms with Gasteiger partial charge in [0.05, 0.1) is 11.4 Å². The summed E-state index contributed by atoms with van der Waals surface area (Å²) in [6.45, 7) is 5.82. The van der Waals surface area contributed by atoms with E-state index in [1.54, 1.807) is 14.0 Å². The number of nitrogens with two attached hydrogens (primary N) is 1. The Hall–Kier alpha value is -2.30. The van der Waals surface area contributed by atoms with Crippen LogP contribution in [0.2, 0.25) is 0 Å². The highest BCUT2D eigenvalue weighted by molar-refractivity contribution is 6.06. The summed E-state index contributed by atoms with van der Waals surface area (Å²) in [7, 11) is 1.71. The van der Waals surface area contributed by atoms with E-state index in [2.05, 4.69) is 10.4 Å². The Morgan fingerprint density at radius 1 is 1.26 bits per heavy atom. The van der Waals surface area contributed by atoms with Crippen molar-refractivity contribution < 1.29 is 4.79 Å². The monoisotopic (exact) mass is 258 g/mol. The lowest BCUT2D eigenvalue weighted by atomic mass is 10.1. The van der Waals surface area contributed by atoms with Crippen LogP contribution in [0.3, 0.4) is 0 Å². The lowest BCUT2D eigenvalue weighted by Crippen LogP contribution is -2.17. The lowest BCUT2D eigenvalue weighted by Gasteiger charge is -2.08. The van der Waals surface area contributed by atoms with Crippen LogP contribution in [-0.2, 0) is 7.05 Å². The third-order valence-electron chi connectivity index (χ3n) is 3.25. The van der Waals surface area contributed by atoms with Gasteiger partial charge in [-0.25, -0.2) is 0 Å². The first-order valence-corrected chi connectivity index (χ1v) is 6.08. The molecule has 5 nitrogen and oxygen atoms in total. The second-order valence-electron chi connectivity index (χ2n) is 4.72. The van der Waals surface area contributed by atoms with Gasteiger partial charge in [0.1, 0.15) is 5.69 Å². The van der Waals surface area contributed by atoms with Crippen LogP contribution in [-0.4, -0.2) is 15.7 Å². The van der Waals surface area contributed by atoms with Crippen LogP contribution in [0, 0.1) is 20.8 Å². The van der Waals surface area contributed by atoms with Gasteiger partial charge in [-0.3, -0.25) is 9.48 Å². The van der Waals surface area contributed by atoms with Crippen molar-refractivity contribution in [2.45, 2.75) is 20.8 Å². The highest BCUT2D eigenvalue weighted by Crippen LogP contribution is 2.19. The van der Waals surface area contributed by atoms with Crippen LogP contribution >= 0.6 is 0 Å². The molecule has 1 heterocycles. The predicted octanol–water partition coefficient (Wildman–Crippen LogP) is 2.18. The van der Waals surface area contributed by atoms with Gasteiger partial charge in [0.15, 0.2) is 0 Å². The number of carbonyl (C=O) groups excluding carboxylic acids is 1. The first-order chi connectivity index (χ1) is 8.90. The molecule has 100 valence electrons. The predicted molar refractivity (Wildman–Crippen MR) is 76.2 cm³/mol. The van der Waals surface area contributed by atoms with Gasteiger partial charge in [0.2, 0.25) is 0 Å². The second kappa shape index (κ2) is 4.76. The van der Waals surface area contributed by atoms with E-state index in [-0.39, 0.29) is 5.91 Å². The summed E-state index contributed by atoms with van der Waals surface area (Å²) in [5.41, 5.74) is 10.4. The number of nitrogens with zero attached hydrogens (tertiary/aromatic N) is 2. The van der Waals surface area contributed by atoms with Crippen molar-refractivity contribution in [2.24, 2.45) is 7.05 Å². The molecule has 1 amide bonds. The molecule has 0 atom stereocenters. The number of anilines is 2. The average Bonchev–Trinajstić information content (AvgIpc) is 2.58. The minimum atomic E-state index is -0.246. The Labute approximate surface area is 112 Å². The third kappa shape index (κ3) is 2.45. The van der Waals surface area contributed by atoms with Crippen molar-refractivity contribution in [2.75, 3.05) is 11.1 Å². The average molecular weight is 258 g/mol. The molecule has 0 bridgehead atoms. The zero-order chi connectivity index (χ0) is 14.2. The molecule has 0 aliphatic rings. The molecule has 0 saturated carbocycles. The summed E-state index contributed by atoms with van der Waals surface area (Å²) >= 11 is 0. The molecule has 0 unspecified atom stereocenters. The van der Waals surface area contributed by atoms with Crippen molar-refractivity contribution >= 4 is 17.3 Å². The minimum absolute atomic E-state index is 0.246. The molecule has 0 fully saturated rings. The molecule has 1 aromatic heterocycles. The maximum absolute atomic E-state index is 12.2. The molecule has 2 aromatic rings. The SMILES string of the molecule is Cc1ccc(NC(=O)c2c(N)c(C)nn2C)cc1C. The van der Waals surface area contributed by atoms with E-state index in [9.17, 15) is 4.79 Å². The number of carbonyl (C=O) groups is 1. The highest BCUT2D eigenvalue weighted by Gasteiger charge is 2.17. The van der Waals surface area contributed by atoms with E-state index in [0.29, 0.717) is 17.1 Å². The minimum Gasteiger partial charge on any atom is -0.395 e. The van der Waals surface area contributed by atoms with Gasteiger partial charge in [-0.1, -0.05) is 6.07 Å². The van der Waals surface area contributed by atoms with E-state index in [1.807, 2.05) is 32.0 Å². The molecule has 5 heteroatoms. The Bertz CT molecular complexity index is 643. The molecule has 2 rings (SSSR count). The topological polar surface area (TPSA) is 72.9 Å². The van der Waals surface area contributed by atoms with Crippen LogP contribution in [0.4, 0.5) is 11.4 Å². The molecule has 19 heavy (non-hydrogen) atoms. The second-order valence-corrected chi connectivity index (χ2v) is 4.72. The first-order valence-electron chi connectivity index (χ1n) is 6.08. The van der Waals surface area contributed by atoms with Gasteiger partial charge in [0, 0.05) is 12.7 Å². The molecular weight excluding hydrogens is 240 g/mol. The largest absolute Gasteiger partial charge is 0.395 e. The molecule has 1 aromatic carbocycles. The third-order valence-corrected chi connectivity index (χ3v) is 3.25. The van der Waals surface area contributed by atoms with Crippen LogP contribution in [0.25, 0.3) is 0 Å². The van der Waals surface area contributed by atoms with Crippen LogP contribution in [0.1, 0.15) is 27.3 Å². The Morgan fingerprint density at radius 2 is 1.95 bits per heavy atom.